The van der Waals surface area contributed by atoms with E-state index in [-0.39, 0.29) is 11.1 Å². The van der Waals surface area contributed by atoms with Crippen molar-refractivity contribution in [3.05, 3.63) is 70.8 Å². The first-order chi connectivity index (χ1) is 13.5. The lowest BCUT2D eigenvalue weighted by Crippen LogP contribution is -2.31. The Morgan fingerprint density at radius 3 is 2.24 bits per heavy atom. The van der Waals surface area contributed by atoms with Crippen LogP contribution in [-0.2, 0) is 28.3 Å². The molecule has 0 aliphatic heterocycles. The molecule has 0 bridgehead atoms. The molecule has 0 aliphatic rings. The number of benzene rings is 2. The monoisotopic (exact) mass is 415 g/mol. The minimum atomic E-state index is -4.68. The maximum atomic E-state index is 13.2. The summed E-state index contributed by atoms with van der Waals surface area (Å²) >= 11 is 0. The predicted octanol–water partition coefficient (Wildman–Crippen LogP) is 5.16. The lowest BCUT2D eigenvalue weighted by atomic mass is 9.89. The zero-order valence-corrected chi connectivity index (χ0v) is 15.0. The number of carbonyl (C=O) groups is 1. The molecular weight excluding hydrogens is 400 g/mol. The molecule has 2 aromatic rings. The number of methoxy groups -OCH3 is 1. The van der Waals surface area contributed by atoms with Gasteiger partial charge in [-0.2, -0.15) is 31.6 Å². The van der Waals surface area contributed by atoms with E-state index in [0.717, 1.165) is 25.3 Å². The molecule has 0 aromatic heterocycles. The number of halogens is 6. The molecule has 0 saturated heterocycles. The second kappa shape index (κ2) is 8.66. The van der Waals surface area contributed by atoms with Gasteiger partial charge in [-0.15, -0.1) is 0 Å². The van der Waals surface area contributed by atoms with Crippen molar-refractivity contribution >= 4 is 5.78 Å². The Morgan fingerprint density at radius 2 is 1.69 bits per heavy atom. The molecule has 0 aliphatic carbocycles. The first-order valence-electron chi connectivity index (χ1n) is 8.27. The van der Waals surface area contributed by atoms with Crippen LogP contribution in [0.3, 0.4) is 0 Å². The molecule has 9 heteroatoms. The summed E-state index contributed by atoms with van der Waals surface area (Å²) in [4.78, 5) is 12.7. The standard InChI is InChI=1S/C20H15F6NO2/c1-29-17(10-13-5-2-3-8-16(13)20(24,25)26)18(28)15(11-27)12-6-4-7-14(9-12)19(21,22)23/h2-9,15,17H,10H2,1H3. The molecule has 0 spiro atoms. The van der Waals surface area contributed by atoms with Crippen molar-refractivity contribution in [3.8, 4) is 6.07 Å². The largest absolute Gasteiger partial charge is 0.416 e. The highest BCUT2D eigenvalue weighted by atomic mass is 19.4. The molecule has 0 N–H and O–H groups in total. The molecule has 3 nitrogen and oxygen atoms in total. The second-order valence-corrected chi connectivity index (χ2v) is 6.17. The molecule has 154 valence electrons. The van der Waals surface area contributed by atoms with Gasteiger partial charge in [0.1, 0.15) is 12.0 Å². The summed E-state index contributed by atoms with van der Waals surface area (Å²) in [5.74, 6) is -2.55. The zero-order valence-electron chi connectivity index (χ0n) is 15.0. The first kappa shape index (κ1) is 22.4. The third-order valence-electron chi connectivity index (χ3n) is 4.29. The van der Waals surface area contributed by atoms with E-state index in [1.54, 1.807) is 6.07 Å². The summed E-state index contributed by atoms with van der Waals surface area (Å²) < 4.78 is 83.2. The Kier molecular flexibility index (Phi) is 6.69. The van der Waals surface area contributed by atoms with Crippen molar-refractivity contribution in [3.63, 3.8) is 0 Å². The number of nitriles is 1. The van der Waals surface area contributed by atoms with Crippen molar-refractivity contribution in [1.29, 1.82) is 5.26 Å². The summed E-state index contributed by atoms with van der Waals surface area (Å²) in [6, 6.07) is 9.88. The summed E-state index contributed by atoms with van der Waals surface area (Å²) in [6.45, 7) is 0. The van der Waals surface area contributed by atoms with E-state index < -0.39 is 47.7 Å². The zero-order chi connectivity index (χ0) is 21.8. The van der Waals surface area contributed by atoms with Gasteiger partial charge in [0.15, 0.2) is 5.78 Å². The second-order valence-electron chi connectivity index (χ2n) is 6.17. The number of nitrogens with zero attached hydrogens (tertiary/aromatic N) is 1. The molecule has 2 aromatic carbocycles. The SMILES string of the molecule is COC(Cc1ccccc1C(F)(F)F)C(=O)C(C#N)c1cccc(C(F)(F)F)c1. The van der Waals surface area contributed by atoms with Gasteiger partial charge in [0.2, 0.25) is 0 Å². The summed E-state index contributed by atoms with van der Waals surface area (Å²) in [5, 5.41) is 9.35. The van der Waals surface area contributed by atoms with Gasteiger partial charge in [0.05, 0.1) is 17.2 Å². The van der Waals surface area contributed by atoms with Gasteiger partial charge in [-0.25, -0.2) is 0 Å². The van der Waals surface area contributed by atoms with Crippen LogP contribution in [0.15, 0.2) is 48.5 Å². The van der Waals surface area contributed by atoms with E-state index in [4.69, 9.17) is 4.74 Å². The maximum absolute atomic E-state index is 13.2. The minimum absolute atomic E-state index is 0.210. The van der Waals surface area contributed by atoms with Gasteiger partial charge >= 0.3 is 12.4 Å². The van der Waals surface area contributed by atoms with E-state index in [1.807, 2.05) is 0 Å². The summed E-state index contributed by atoms with van der Waals surface area (Å²) in [7, 11) is 1.08. The van der Waals surface area contributed by atoms with Crippen molar-refractivity contribution in [2.75, 3.05) is 7.11 Å². The summed E-state index contributed by atoms with van der Waals surface area (Å²) in [5.41, 5.74) is -2.43. The Hall–Kier alpha value is -2.86. The number of ether oxygens (including phenoxy) is 1. The Balaban J connectivity index is 2.35. The lowest BCUT2D eigenvalue weighted by Gasteiger charge is -2.20. The number of Topliss-reactive ketones (excluding diaryl/α,β-unsaturated/α-hetero) is 1. The highest BCUT2D eigenvalue weighted by molar-refractivity contribution is 5.92. The number of hydrogen-bond donors (Lipinski definition) is 0. The van der Waals surface area contributed by atoms with Crippen molar-refractivity contribution in [2.24, 2.45) is 0 Å². The van der Waals surface area contributed by atoms with Crippen LogP contribution < -0.4 is 0 Å². The van der Waals surface area contributed by atoms with Crippen LogP contribution in [0.2, 0.25) is 0 Å². The Morgan fingerprint density at radius 1 is 1.03 bits per heavy atom. The molecule has 0 heterocycles. The van der Waals surface area contributed by atoms with Crippen molar-refractivity contribution in [2.45, 2.75) is 30.8 Å². The van der Waals surface area contributed by atoms with Crippen LogP contribution in [0.5, 0.6) is 0 Å². The van der Waals surface area contributed by atoms with Crippen LogP contribution in [0.25, 0.3) is 0 Å². The molecule has 2 rings (SSSR count). The van der Waals surface area contributed by atoms with Gasteiger partial charge in [-0.1, -0.05) is 36.4 Å². The van der Waals surface area contributed by atoms with Crippen molar-refractivity contribution < 1.29 is 35.9 Å². The van der Waals surface area contributed by atoms with Gasteiger partial charge in [0, 0.05) is 13.5 Å². The topological polar surface area (TPSA) is 50.1 Å². The van der Waals surface area contributed by atoms with E-state index in [2.05, 4.69) is 0 Å². The van der Waals surface area contributed by atoms with Gasteiger partial charge in [-0.05, 0) is 23.3 Å². The molecule has 0 amide bonds. The average molecular weight is 415 g/mol. The average Bonchev–Trinajstić information content (AvgIpc) is 2.65. The van der Waals surface area contributed by atoms with Crippen LogP contribution in [0.4, 0.5) is 26.3 Å². The smallest absolute Gasteiger partial charge is 0.373 e. The number of ketones is 1. The van der Waals surface area contributed by atoms with E-state index in [9.17, 15) is 36.4 Å². The number of hydrogen-bond acceptors (Lipinski definition) is 3. The highest BCUT2D eigenvalue weighted by Crippen LogP contribution is 2.34. The Labute approximate surface area is 162 Å². The van der Waals surface area contributed by atoms with E-state index in [1.165, 1.54) is 24.3 Å². The third kappa shape index (κ3) is 5.35. The van der Waals surface area contributed by atoms with Crippen molar-refractivity contribution in [1.82, 2.24) is 0 Å². The van der Waals surface area contributed by atoms with Gasteiger partial charge in [0.25, 0.3) is 0 Å². The van der Waals surface area contributed by atoms with E-state index in [0.29, 0.717) is 6.07 Å². The molecule has 0 radical (unpaired) electrons. The third-order valence-corrected chi connectivity index (χ3v) is 4.29. The number of alkyl halides is 6. The molecule has 2 unspecified atom stereocenters. The quantitative estimate of drug-likeness (QED) is 0.613. The van der Waals surface area contributed by atoms with Gasteiger partial charge in [-0.3, -0.25) is 4.79 Å². The highest BCUT2D eigenvalue weighted by Gasteiger charge is 2.36. The van der Waals surface area contributed by atoms with Crippen LogP contribution in [0.1, 0.15) is 28.2 Å². The molecule has 0 saturated carbocycles. The molecule has 29 heavy (non-hydrogen) atoms. The molecule has 0 fully saturated rings. The minimum Gasteiger partial charge on any atom is -0.373 e. The fourth-order valence-corrected chi connectivity index (χ4v) is 2.86. The lowest BCUT2D eigenvalue weighted by molar-refractivity contribution is -0.139. The Bertz CT molecular complexity index is 914. The molecular formula is C20H15F6NO2. The van der Waals surface area contributed by atoms with E-state index >= 15 is 0 Å². The maximum Gasteiger partial charge on any atom is 0.416 e. The normalized spacial score (nSPS) is 14.1. The van der Waals surface area contributed by atoms with Crippen LogP contribution in [-0.4, -0.2) is 19.0 Å². The number of rotatable bonds is 6. The van der Waals surface area contributed by atoms with Crippen LogP contribution >= 0.6 is 0 Å². The molecule has 2 atom stereocenters. The summed E-state index contributed by atoms with van der Waals surface area (Å²) in [6.07, 6.45) is -11.3. The predicted molar refractivity (Wildman–Crippen MR) is 90.8 cm³/mol. The van der Waals surface area contributed by atoms with Crippen LogP contribution in [0, 0.1) is 11.3 Å². The number of carbonyl (C=O) groups excluding carboxylic acids is 1. The van der Waals surface area contributed by atoms with Gasteiger partial charge < -0.3 is 4.74 Å². The fraction of sp³-hybridized carbons (Fsp3) is 0.300. The fourth-order valence-electron chi connectivity index (χ4n) is 2.86. The first-order valence-corrected chi connectivity index (χ1v) is 8.27.